The molecule has 4 nitrogen and oxygen atoms in total. The molecule has 0 bridgehead atoms. The van der Waals surface area contributed by atoms with Gasteiger partial charge in [-0.05, 0) is 17.9 Å². The molecule has 0 aromatic carbocycles. The van der Waals surface area contributed by atoms with Crippen molar-refractivity contribution in [2.75, 3.05) is 23.9 Å². The van der Waals surface area contributed by atoms with Crippen LogP contribution < -0.4 is 11.1 Å². The van der Waals surface area contributed by atoms with Gasteiger partial charge in [0.1, 0.15) is 10.7 Å². The molecule has 0 aliphatic rings. The summed E-state index contributed by atoms with van der Waals surface area (Å²) in [6.07, 6.45) is 5.31. The van der Waals surface area contributed by atoms with Crippen LogP contribution in [0.4, 0.5) is 5.82 Å². The molecule has 0 spiro atoms. The Morgan fingerprint density at radius 3 is 2.88 bits per heavy atom. The summed E-state index contributed by atoms with van der Waals surface area (Å²) in [7, 11) is 0. The number of nitrogens with two attached hydrogens (primary N) is 1. The Hall–Kier alpha value is -0.880. The number of thiocarbonyl (C=S) groups is 1. The minimum atomic E-state index is 0.271. The summed E-state index contributed by atoms with van der Waals surface area (Å²) >= 11 is 6.74. The van der Waals surface area contributed by atoms with Crippen molar-refractivity contribution < 1.29 is 0 Å². The molecule has 0 amide bonds. The highest BCUT2D eigenvalue weighted by molar-refractivity contribution is 7.98. The van der Waals surface area contributed by atoms with Crippen molar-refractivity contribution in [2.45, 2.75) is 6.92 Å². The fraction of sp³-hybridized carbons (Fsp3) is 0.500. The number of thioether (sulfide) groups is 1. The summed E-state index contributed by atoms with van der Waals surface area (Å²) in [4.78, 5) is 8.56. The Kier molecular flexibility index (Phi) is 5.48. The van der Waals surface area contributed by atoms with E-state index in [1.54, 1.807) is 12.4 Å². The van der Waals surface area contributed by atoms with Crippen molar-refractivity contribution in [1.29, 1.82) is 0 Å². The van der Waals surface area contributed by atoms with Gasteiger partial charge in [-0.3, -0.25) is 0 Å². The van der Waals surface area contributed by atoms with Gasteiger partial charge in [0.15, 0.2) is 5.82 Å². The third-order valence-corrected chi connectivity index (χ3v) is 3.10. The number of anilines is 1. The minimum absolute atomic E-state index is 0.271. The molecule has 0 radical (unpaired) electrons. The fourth-order valence-corrected chi connectivity index (χ4v) is 2.10. The Balaban J connectivity index is 2.63. The van der Waals surface area contributed by atoms with Crippen LogP contribution in [0.2, 0.25) is 0 Å². The summed E-state index contributed by atoms with van der Waals surface area (Å²) in [5, 5.41) is 3.22. The average molecular weight is 256 g/mol. The van der Waals surface area contributed by atoms with Crippen molar-refractivity contribution in [3.05, 3.63) is 18.1 Å². The van der Waals surface area contributed by atoms with Gasteiger partial charge in [-0.25, -0.2) is 9.97 Å². The number of rotatable bonds is 6. The first-order valence-corrected chi connectivity index (χ1v) is 6.79. The van der Waals surface area contributed by atoms with Crippen molar-refractivity contribution in [2.24, 2.45) is 11.7 Å². The van der Waals surface area contributed by atoms with E-state index >= 15 is 0 Å². The molecule has 3 N–H and O–H groups in total. The van der Waals surface area contributed by atoms with Gasteiger partial charge in [-0.2, -0.15) is 11.8 Å². The lowest BCUT2D eigenvalue weighted by Crippen LogP contribution is -2.19. The number of aromatic nitrogens is 2. The molecule has 1 aromatic rings. The standard InChI is InChI=1S/C10H16N4S2/c1-7(6-16-2)5-14-10-8(9(11)15)12-3-4-13-10/h3-4,7H,5-6H2,1-2H3,(H2,11,15)(H,13,14). The van der Waals surface area contributed by atoms with E-state index in [2.05, 4.69) is 28.5 Å². The maximum absolute atomic E-state index is 5.56. The second-order valence-corrected chi connectivity index (χ2v) is 4.91. The van der Waals surface area contributed by atoms with Gasteiger partial charge in [0.25, 0.3) is 0 Å². The van der Waals surface area contributed by atoms with E-state index in [1.807, 2.05) is 11.8 Å². The van der Waals surface area contributed by atoms with E-state index in [4.69, 9.17) is 18.0 Å². The van der Waals surface area contributed by atoms with Crippen LogP contribution in [0, 0.1) is 5.92 Å². The van der Waals surface area contributed by atoms with E-state index in [1.165, 1.54) is 0 Å². The number of hydrogen-bond acceptors (Lipinski definition) is 5. The van der Waals surface area contributed by atoms with Crippen LogP contribution in [0.5, 0.6) is 0 Å². The lowest BCUT2D eigenvalue weighted by atomic mass is 10.2. The average Bonchev–Trinajstić information content (AvgIpc) is 2.27. The first-order valence-electron chi connectivity index (χ1n) is 4.98. The molecule has 16 heavy (non-hydrogen) atoms. The van der Waals surface area contributed by atoms with Crippen LogP contribution in [0.15, 0.2) is 12.4 Å². The molecule has 0 fully saturated rings. The lowest BCUT2D eigenvalue weighted by Gasteiger charge is -2.13. The smallest absolute Gasteiger partial charge is 0.155 e. The SMILES string of the molecule is CSCC(C)CNc1nccnc1C(N)=S. The van der Waals surface area contributed by atoms with Crippen molar-refractivity contribution in [3.8, 4) is 0 Å². The number of nitrogens with one attached hydrogen (secondary N) is 1. The van der Waals surface area contributed by atoms with Gasteiger partial charge in [0, 0.05) is 18.9 Å². The Morgan fingerprint density at radius 2 is 2.25 bits per heavy atom. The molecule has 0 saturated heterocycles. The zero-order chi connectivity index (χ0) is 12.0. The molecule has 1 heterocycles. The highest BCUT2D eigenvalue weighted by Gasteiger charge is 2.08. The summed E-state index contributed by atoms with van der Waals surface area (Å²) in [5.41, 5.74) is 6.13. The van der Waals surface area contributed by atoms with Crippen molar-refractivity contribution in [3.63, 3.8) is 0 Å². The summed E-state index contributed by atoms with van der Waals surface area (Å²) in [6, 6.07) is 0. The molecule has 0 aliphatic heterocycles. The quantitative estimate of drug-likeness (QED) is 0.753. The molecular weight excluding hydrogens is 240 g/mol. The van der Waals surface area contributed by atoms with E-state index in [-0.39, 0.29) is 4.99 Å². The number of hydrogen-bond donors (Lipinski definition) is 2. The van der Waals surface area contributed by atoms with E-state index in [9.17, 15) is 0 Å². The molecular formula is C10H16N4S2. The Morgan fingerprint density at radius 1 is 1.56 bits per heavy atom. The molecule has 1 rings (SSSR count). The maximum Gasteiger partial charge on any atom is 0.155 e. The van der Waals surface area contributed by atoms with Gasteiger partial charge >= 0.3 is 0 Å². The monoisotopic (exact) mass is 256 g/mol. The second-order valence-electron chi connectivity index (χ2n) is 3.56. The first kappa shape index (κ1) is 13.2. The summed E-state index contributed by atoms with van der Waals surface area (Å²) in [5.74, 6) is 2.34. The van der Waals surface area contributed by atoms with Crippen LogP contribution in [-0.2, 0) is 0 Å². The van der Waals surface area contributed by atoms with Gasteiger partial charge in [-0.1, -0.05) is 19.1 Å². The summed E-state index contributed by atoms with van der Waals surface area (Å²) in [6.45, 7) is 3.02. The first-order chi connectivity index (χ1) is 7.65. The topological polar surface area (TPSA) is 63.8 Å². The summed E-state index contributed by atoms with van der Waals surface area (Å²) < 4.78 is 0. The van der Waals surface area contributed by atoms with Gasteiger partial charge in [0.05, 0.1) is 0 Å². The van der Waals surface area contributed by atoms with E-state index in [0.29, 0.717) is 17.4 Å². The molecule has 6 heteroatoms. The highest BCUT2D eigenvalue weighted by Crippen LogP contribution is 2.10. The Labute approximate surface area is 105 Å². The van der Waals surface area contributed by atoms with E-state index < -0.39 is 0 Å². The van der Waals surface area contributed by atoms with Crippen molar-refractivity contribution >= 4 is 34.8 Å². The second kappa shape index (κ2) is 6.65. The zero-order valence-corrected chi connectivity index (χ0v) is 11.1. The van der Waals surface area contributed by atoms with Gasteiger partial charge in [-0.15, -0.1) is 0 Å². The highest BCUT2D eigenvalue weighted by atomic mass is 32.2. The zero-order valence-electron chi connectivity index (χ0n) is 9.43. The van der Waals surface area contributed by atoms with Gasteiger partial charge in [0.2, 0.25) is 0 Å². The maximum atomic E-state index is 5.56. The molecule has 1 atom stereocenters. The van der Waals surface area contributed by atoms with Crippen LogP contribution in [0.3, 0.4) is 0 Å². The van der Waals surface area contributed by atoms with Crippen LogP contribution in [-0.4, -0.2) is 33.5 Å². The third kappa shape index (κ3) is 3.94. The predicted molar refractivity (Wildman–Crippen MR) is 74.0 cm³/mol. The molecule has 88 valence electrons. The van der Waals surface area contributed by atoms with Gasteiger partial charge < -0.3 is 11.1 Å². The van der Waals surface area contributed by atoms with Crippen molar-refractivity contribution in [1.82, 2.24) is 9.97 Å². The van der Waals surface area contributed by atoms with Crippen LogP contribution in [0.1, 0.15) is 12.6 Å². The predicted octanol–water partition coefficient (Wildman–Crippen LogP) is 1.52. The normalized spacial score (nSPS) is 12.1. The molecule has 1 unspecified atom stereocenters. The van der Waals surface area contributed by atoms with E-state index in [0.717, 1.165) is 12.3 Å². The fourth-order valence-electron chi connectivity index (χ4n) is 1.26. The van der Waals surface area contributed by atoms with Crippen LogP contribution in [0.25, 0.3) is 0 Å². The largest absolute Gasteiger partial charge is 0.388 e. The third-order valence-electron chi connectivity index (χ3n) is 2.00. The minimum Gasteiger partial charge on any atom is -0.388 e. The number of nitrogens with zero attached hydrogens (tertiary/aromatic N) is 2. The lowest BCUT2D eigenvalue weighted by molar-refractivity contribution is 0.699. The molecule has 0 aliphatic carbocycles. The molecule has 0 saturated carbocycles. The van der Waals surface area contributed by atoms with Crippen LogP contribution >= 0.6 is 24.0 Å². The Bertz CT molecular complexity index is 356. The molecule has 1 aromatic heterocycles.